The van der Waals surface area contributed by atoms with Crippen molar-refractivity contribution in [3.8, 4) is 16.9 Å². The van der Waals surface area contributed by atoms with Crippen molar-refractivity contribution in [3.05, 3.63) is 70.2 Å². The lowest BCUT2D eigenvalue weighted by Gasteiger charge is -2.30. The van der Waals surface area contributed by atoms with Gasteiger partial charge in [-0.1, -0.05) is 36.4 Å². The van der Waals surface area contributed by atoms with Crippen LogP contribution in [0.3, 0.4) is 0 Å². The topological polar surface area (TPSA) is 88.9 Å². The van der Waals surface area contributed by atoms with E-state index in [1.807, 2.05) is 56.3 Å². The number of aliphatic carboxylic acids is 1. The van der Waals surface area contributed by atoms with Gasteiger partial charge in [0.2, 0.25) is 5.60 Å². The van der Waals surface area contributed by atoms with E-state index in [1.54, 1.807) is 18.0 Å². The smallest absolute Gasteiger partial charge is 0.342 e. The van der Waals surface area contributed by atoms with E-state index in [-0.39, 0.29) is 19.1 Å². The zero-order valence-corrected chi connectivity index (χ0v) is 18.0. The second-order valence-corrected chi connectivity index (χ2v) is 7.92. The van der Waals surface area contributed by atoms with Gasteiger partial charge in [-0.2, -0.15) is 0 Å². The molecule has 2 N–H and O–H groups in total. The second kappa shape index (κ2) is 9.38. The molecular formula is C23H25NO5S. The van der Waals surface area contributed by atoms with Gasteiger partial charge in [-0.3, -0.25) is 0 Å². The first-order chi connectivity index (χ1) is 14.4. The first-order valence-electron chi connectivity index (χ1n) is 9.57. The molecule has 1 heterocycles. The summed E-state index contributed by atoms with van der Waals surface area (Å²) in [6.07, 6.45) is -0.147. The molecule has 158 valence electrons. The van der Waals surface area contributed by atoms with Crippen LogP contribution in [-0.4, -0.2) is 34.4 Å². The predicted molar refractivity (Wildman–Crippen MR) is 116 cm³/mol. The third-order valence-corrected chi connectivity index (χ3v) is 5.41. The lowest BCUT2D eigenvalue weighted by molar-refractivity contribution is -0.174. The molecule has 1 unspecified atom stereocenters. The fraction of sp³-hybridized carbons (Fsp3) is 0.304. The maximum absolute atomic E-state index is 12.3. The van der Waals surface area contributed by atoms with Gasteiger partial charge in [-0.25, -0.2) is 9.78 Å². The summed E-state index contributed by atoms with van der Waals surface area (Å²) in [6.45, 7) is 3.51. The summed E-state index contributed by atoms with van der Waals surface area (Å²) in [7, 11) is 1.59. The SMILES string of the molecule is COc1cccc(CO)c1-c1ccc(CC(OC(C)C)(C(=O)O)c2cscn2)cc1. The Labute approximate surface area is 179 Å². The summed E-state index contributed by atoms with van der Waals surface area (Å²) in [5.41, 5.74) is 3.69. The van der Waals surface area contributed by atoms with Gasteiger partial charge in [-0.05, 0) is 36.6 Å². The molecule has 0 spiro atoms. The first kappa shape index (κ1) is 22.0. The number of hydrogen-bond donors (Lipinski definition) is 2. The zero-order chi connectivity index (χ0) is 21.7. The number of carbonyl (C=O) groups is 1. The van der Waals surface area contributed by atoms with Crippen molar-refractivity contribution in [2.45, 2.75) is 38.6 Å². The minimum atomic E-state index is -1.56. The number of carboxylic acids is 1. The Kier molecular flexibility index (Phi) is 6.87. The molecule has 3 rings (SSSR count). The van der Waals surface area contributed by atoms with Gasteiger partial charge in [0.1, 0.15) is 5.75 Å². The Morgan fingerprint density at radius 3 is 2.47 bits per heavy atom. The molecule has 7 heteroatoms. The van der Waals surface area contributed by atoms with Crippen molar-refractivity contribution in [2.24, 2.45) is 0 Å². The highest BCUT2D eigenvalue weighted by atomic mass is 32.1. The lowest BCUT2D eigenvalue weighted by Crippen LogP contribution is -2.43. The van der Waals surface area contributed by atoms with Gasteiger partial charge in [-0.15, -0.1) is 11.3 Å². The maximum atomic E-state index is 12.3. The zero-order valence-electron chi connectivity index (χ0n) is 17.2. The molecule has 30 heavy (non-hydrogen) atoms. The van der Waals surface area contributed by atoms with Crippen LogP contribution in [0.15, 0.2) is 53.4 Å². The minimum Gasteiger partial charge on any atom is -0.496 e. The molecular weight excluding hydrogens is 402 g/mol. The molecule has 0 saturated heterocycles. The van der Waals surface area contributed by atoms with Crippen LogP contribution in [0.2, 0.25) is 0 Å². The maximum Gasteiger partial charge on any atom is 0.342 e. The van der Waals surface area contributed by atoms with Crippen LogP contribution in [0.25, 0.3) is 11.1 Å². The Hall–Kier alpha value is -2.74. The summed E-state index contributed by atoms with van der Waals surface area (Å²) in [6, 6.07) is 13.1. The van der Waals surface area contributed by atoms with Crippen molar-refractivity contribution in [1.82, 2.24) is 4.98 Å². The van der Waals surface area contributed by atoms with Gasteiger partial charge in [0.15, 0.2) is 0 Å². The number of hydrogen-bond acceptors (Lipinski definition) is 6. The number of rotatable bonds is 9. The molecule has 0 aliphatic rings. The molecule has 0 bridgehead atoms. The third-order valence-electron chi connectivity index (χ3n) is 4.83. The second-order valence-electron chi connectivity index (χ2n) is 7.20. The van der Waals surface area contributed by atoms with Crippen LogP contribution in [0.4, 0.5) is 0 Å². The van der Waals surface area contributed by atoms with Crippen LogP contribution in [0.1, 0.15) is 30.7 Å². The summed E-state index contributed by atoms with van der Waals surface area (Å²) in [5.74, 6) is -0.404. The molecule has 0 aliphatic carbocycles. The van der Waals surface area contributed by atoms with Crippen molar-refractivity contribution in [1.29, 1.82) is 0 Å². The average molecular weight is 428 g/mol. The van der Waals surface area contributed by atoms with Gasteiger partial charge in [0.25, 0.3) is 0 Å². The van der Waals surface area contributed by atoms with E-state index >= 15 is 0 Å². The normalized spacial score (nSPS) is 13.2. The summed E-state index contributed by atoms with van der Waals surface area (Å²) >= 11 is 1.34. The molecule has 0 amide bonds. The number of aliphatic hydroxyl groups is 1. The number of nitrogens with zero attached hydrogens (tertiary/aromatic N) is 1. The van der Waals surface area contributed by atoms with Gasteiger partial charge < -0.3 is 19.7 Å². The van der Waals surface area contributed by atoms with Crippen molar-refractivity contribution < 1.29 is 24.5 Å². The average Bonchev–Trinajstić information content (AvgIpc) is 3.28. The molecule has 3 aromatic rings. The molecule has 0 radical (unpaired) electrons. The standard InChI is InChI=1S/C23H25NO5S/c1-15(2)29-23(22(26)27,20-13-30-14-24-20)11-16-7-9-17(10-8-16)21-18(12-25)5-4-6-19(21)28-3/h4-10,13-15,25H,11-12H2,1-3H3,(H,26,27). The first-order valence-corrected chi connectivity index (χ1v) is 10.5. The van der Waals surface area contributed by atoms with E-state index in [4.69, 9.17) is 9.47 Å². The molecule has 2 aromatic carbocycles. The number of ether oxygens (including phenoxy) is 2. The summed E-state index contributed by atoms with van der Waals surface area (Å²) in [5, 5.41) is 21.5. The van der Waals surface area contributed by atoms with Crippen LogP contribution in [-0.2, 0) is 28.2 Å². The van der Waals surface area contributed by atoms with E-state index in [0.29, 0.717) is 11.4 Å². The molecule has 1 aromatic heterocycles. The summed E-state index contributed by atoms with van der Waals surface area (Å²) in [4.78, 5) is 16.5. The molecule has 6 nitrogen and oxygen atoms in total. The number of carboxylic acid groups (broad SMARTS) is 1. The van der Waals surface area contributed by atoms with Crippen molar-refractivity contribution >= 4 is 17.3 Å². The number of aromatic nitrogens is 1. The highest BCUT2D eigenvalue weighted by molar-refractivity contribution is 7.07. The number of aliphatic hydroxyl groups excluding tert-OH is 1. The van der Waals surface area contributed by atoms with Gasteiger partial charge in [0.05, 0.1) is 31.0 Å². The monoisotopic (exact) mass is 427 g/mol. The van der Waals surface area contributed by atoms with E-state index in [0.717, 1.165) is 22.3 Å². The van der Waals surface area contributed by atoms with E-state index in [2.05, 4.69) is 4.98 Å². The fourth-order valence-corrected chi connectivity index (χ4v) is 4.14. The van der Waals surface area contributed by atoms with E-state index < -0.39 is 11.6 Å². The number of methoxy groups -OCH3 is 1. The lowest BCUT2D eigenvalue weighted by atomic mass is 9.89. The van der Waals surface area contributed by atoms with Gasteiger partial charge >= 0.3 is 5.97 Å². The predicted octanol–water partition coefficient (Wildman–Crippen LogP) is 4.26. The molecule has 1 atom stereocenters. The van der Waals surface area contributed by atoms with Crippen LogP contribution in [0.5, 0.6) is 5.75 Å². The highest BCUT2D eigenvalue weighted by Crippen LogP contribution is 2.36. The number of benzene rings is 2. The Bertz CT molecular complexity index is 963. The number of thiazole rings is 1. The van der Waals surface area contributed by atoms with Crippen molar-refractivity contribution in [3.63, 3.8) is 0 Å². The Morgan fingerprint density at radius 1 is 1.20 bits per heavy atom. The molecule has 0 aliphatic heterocycles. The fourth-order valence-electron chi connectivity index (χ4n) is 3.53. The minimum absolute atomic E-state index is 0.109. The quantitative estimate of drug-likeness (QED) is 0.530. The largest absolute Gasteiger partial charge is 0.496 e. The van der Waals surface area contributed by atoms with E-state index in [9.17, 15) is 15.0 Å². The van der Waals surface area contributed by atoms with Gasteiger partial charge in [0, 0.05) is 17.4 Å². The van der Waals surface area contributed by atoms with Crippen molar-refractivity contribution in [2.75, 3.05) is 7.11 Å². The Balaban J connectivity index is 1.99. The molecule has 0 fully saturated rings. The summed E-state index contributed by atoms with van der Waals surface area (Å²) < 4.78 is 11.4. The highest BCUT2D eigenvalue weighted by Gasteiger charge is 2.44. The van der Waals surface area contributed by atoms with Crippen LogP contribution in [0, 0.1) is 0 Å². The van der Waals surface area contributed by atoms with E-state index in [1.165, 1.54) is 11.3 Å². The van der Waals surface area contributed by atoms with Crippen LogP contribution < -0.4 is 4.74 Å². The van der Waals surface area contributed by atoms with Crippen LogP contribution >= 0.6 is 11.3 Å². The third kappa shape index (κ3) is 4.38. The Morgan fingerprint density at radius 2 is 1.93 bits per heavy atom. The molecule has 0 saturated carbocycles.